The maximum Gasteiger partial charge on any atom is 0.0667 e. The summed E-state index contributed by atoms with van der Waals surface area (Å²) in [6.45, 7) is 6.12. The van der Waals surface area contributed by atoms with E-state index in [4.69, 9.17) is 0 Å². The Morgan fingerprint density at radius 2 is 1.76 bits per heavy atom. The molecule has 114 valence electrons. The molecule has 0 spiro atoms. The average molecular weight is 285 g/mol. The predicted molar refractivity (Wildman–Crippen MR) is 90.6 cm³/mol. The van der Waals surface area contributed by atoms with Crippen LogP contribution in [0.3, 0.4) is 0 Å². The van der Waals surface area contributed by atoms with Crippen LogP contribution in [0.15, 0.2) is 42.5 Å². The maximum atomic E-state index is 10.1. The molecule has 2 heteroatoms. The zero-order valence-electron chi connectivity index (χ0n) is 13.2. The number of hydrogen-bond acceptors (Lipinski definition) is 2. The Morgan fingerprint density at radius 3 is 2.57 bits per heavy atom. The zero-order valence-corrected chi connectivity index (χ0v) is 13.2. The summed E-state index contributed by atoms with van der Waals surface area (Å²) in [5.41, 5.74) is 1.33. The van der Waals surface area contributed by atoms with Crippen LogP contribution in [-0.2, 0) is 6.42 Å². The molecule has 0 aromatic heterocycles. The highest BCUT2D eigenvalue weighted by atomic mass is 16.3. The average Bonchev–Trinajstić information content (AvgIpc) is 2.49. The SMILES string of the molecule is CC(C)CCNC[C@H](O)CCc1cccc2ccccc12. The first-order valence-corrected chi connectivity index (χ1v) is 8.02. The Hall–Kier alpha value is -1.38. The standard InChI is InChI=1S/C19H27NO/c1-15(2)12-13-20-14-18(21)11-10-17-8-5-7-16-6-3-4-9-19(16)17/h3-9,15,18,20-21H,10-14H2,1-2H3/t18-/m1/s1. The van der Waals surface area contributed by atoms with E-state index < -0.39 is 0 Å². The van der Waals surface area contributed by atoms with Gasteiger partial charge in [-0.05, 0) is 48.1 Å². The molecule has 0 amide bonds. The second kappa shape index (κ2) is 8.16. The highest BCUT2D eigenvalue weighted by Crippen LogP contribution is 2.20. The largest absolute Gasteiger partial charge is 0.392 e. The molecule has 0 fully saturated rings. The van der Waals surface area contributed by atoms with Gasteiger partial charge in [0.1, 0.15) is 0 Å². The minimum Gasteiger partial charge on any atom is -0.392 e. The number of aryl methyl sites for hydroxylation is 1. The van der Waals surface area contributed by atoms with E-state index in [1.807, 2.05) is 0 Å². The lowest BCUT2D eigenvalue weighted by Crippen LogP contribution is -2.28. The van der Waals surface area contributed by atoms with Gasteiger partial charge in [-0.3, -0.25) is 0 Å². The van der Waals surface area contributed by atoms with Crippen molar-refractivity contribution in [3.63, 3.8) is 0 Å². The van der Waals surface area contributed by atoms with Crippen molar-refractivity contribution in [1.29, 1.82) is 0 Å². The van der Waals surface area contributed by atoms with Gasteiger partial charge in [-0.15, -0.1) is 0 Å². The lowest BCUT2D eigenvalue weighted by atomic mass is 9.99. The Bertz CT molecular complexity index is 545. The van der Waals surface area contributed by atoms with Crippen molar-refractivity contribution in [1.82, 2.24) is 5.32 Å². The molecule has 2 rings (SSSR count). The summed E-state index contributed by atoms with van der Waals surface area (Å²) in [6.07, 6.45) is 2.63. The van der Waals surface area contributed by atoms with Crippen molar-refractivity contribution in [2.45, 2.75) is 39.2 Å². The fraction of sp³-hybridized carbons (Fsp3) is 0.474. The van der Waals surface area contributed by atoms with Crippen molar-refractivity contribution in [2.24, 2.45) is 5.92 Å². The van der Waals surface area contributed by atoms with Crippen LogP contribution in [0, 0.1) is 5.92 Å². The Morgan fingerprint density at radius 1 is 1.00 bits per heavy atom. The maximum absolute atomic E-state index is 10.1. The Kier molecular flexibility index (Phi) is 6.21. The summed E-state index contributed by atoms with van der Waals surface area (Å²) >= 11 is 0. The van der Waals surface area contributed by atoms with Gasteiger partial charge in [0.15, 0.2) is 0 Å². The number of aliphatic hydroxyl groups is 1. The molecule has 0 radical (unpaired) electrons. The van der Waals surface area contributed by atoms with Gasteiger partial charge in [-0.2, -0.15) is 0 Å². The molecule has 21 heavy (non-hydrogen) atoms. The monoisotopic (exact) mass is 285 g/mol. The van der Waals surface area contributed by atoms with Crippen molar-refractivity contribution >= 4 is 10.8 Å². The van der Waals surface area contributed by atoms with Crippen molar-refractivity contribution in [3.05, 3.63) is 48.0 Å². The highest BCUT2D eigenvalue weighted by molar-refractivity contribution is 5.85. The van der Waals surface area contributed by atoms with Gasteiger partial charge in [-0.25, -0.2) is 0 Å². The normalized spacial score (nSPS) is 13.0. The molecule has 0 bridgehead atoms. The van der Waals surface area contributed by atoms with Crippen LogP contribution in [0.5, 0.6) is 0 Å². The van der Waals surface area contributed by atoms with Crippen LogP contribution < -0.4 is 5.32 Å². The lowest BCUT2D eigenvalue weighted by Gasteiger charge is -2.13. The molecule has 0 aliphatic heterocycles. The first-order chi connectivity index (χ1) is 10.2. The zero-order chi connectivity index (χ0) is 15.1. The van der Waals surface area contributed by atoms with E-state index in [-0.39, 0.29) is 6.10 Å². The van der Waals surface area contributed by atoms with Crippen molar-refractivity contribution < 1.29 is 5.11 Å². The molecule has 2 nitrogen and oxygen atoms in total. The van der Waals surface area contributed by atoms with Crippen LogP contribution in [0.25, 0.3) is 10.8 Å². The van der Waals surface area contributed by atoms with Gasteiger partial charge in [0.05, 0.1) is 6.10 Å². The van der Waals surface area contributed by atoms with Gasteiger partial charge in [0.25, 0.3) is 0 Å². The third-order valence-electron chi connectivity index (χ3n) is 3.91. The van der Waals surface area contributed by atoms with E-state index in [9.17, 15) is 5.11 Å². The van der Waals surface area contributed by atoms with Crippen molar-refractivity contribution in [2.75, 3.05) is 13.1 Å². The number of rotatable bonds is 8. The second-order valence-electron chi connectivity index (χ2n) is 6.22. The summed E-state index contributed by atoms with van der Waals surface area (Å²) in [6, 6.07) is 14.9. The Balaban J connectivity index is 1.81. The smallest absolute Gasteiger partial charge is 0.0667 e. The number of benzene rings is 2. The molecule has 0 saturated carbocycles. The van der Waals surface area contributed by atoms with E-state index in [0.717, 1.165) is 25.8 Å². The molecule has 2 aromatic carbocycles. The lowest BCUT2D eigenvalue weighted by molar-refractivity contribution is 0.161. The van der Waals surface area contributed by atoms with E-state index in [1.54, 1.807) is 0 Å². The third kappa shape index (κ3) is 5.14. The molecule has 0 unspecified atom stereocenters. The summed E-state index contributed by atoms with van der Waals surface area (Å²) < 4.78 is 0. The summed E-state index contributed by atoms with van der Waals surface area (Å²) in [7, 11) is 0. The van der Waals surface area contributed by atoms with E-state index in [2.05, 4.69) is 61.6 Å². The van der Waals surface area contributed by atoms with Gasteiger partial charge in [-0.1, -0.05) is 56.3 Å². The summed E-state index contributed by atoms with van der Waals surface area (Å²) in [4.78, 5) is 0. The number of aliphatic hydroxyl groups excluding tert-OH is 1. The van der Waals surface area contributed by atoms with Gasteiger partial charge in [0, 0.05) is 6.54 Å². The molecule has 0 heterocycles. The fourth-order valence-corrected chi connectivity index (χ4v) is 2.59. The van der Waals surface area contributed by atoms with E-state index >= 15 is 0 Å². The molecule has 0 saturated heterocycles. The topological polar surface area (TPSA) is 32.3 Å². The minimum atomic E-state index is -0.267. The fourth-order valence-electron chi connectivity index (χ4n) is 2.59. The minimum absolute atomic E-state index is 0.267. The predicted octanol–water partition coefficient (Wildman–Crippen LogP) is 3.77. The van der Waals surface area contributed by atoms with Crippen LogP contribution in [0.2, 0.25) is 0 Å². The van der Waals surface area contributed by atoms with Gasteiger partial charge >= 0.3 is 0 Å². The van der Waals surface area contributed by atoms with E-state index in [0.29, 0.717) is 12.5 Å². The molecule has 0 aliphatic rings. The first kappa shape index (κ1) is 16.0. The molecule has 1 atom stereocenters. The molecular weight excluding hydrogens is 258 g/mol. The molecule has 2 aromatic rings. The Labute approximate surface area is 128 Å². The van der Waals surface area contributed by atoms with Gasteiger partial charge < -0.3 is 10.4 Å². The van der Waals surface area contributed by atoms with Crippen LogP contribution in [0.1, 0.15) is 32.3 Å². The van der Waals surface area contributed by atoms with Gasteiger partial charge in [0.2, 0.25) is 0 Å². The van der Waals surface area contributed by atoms with E-state index in [1.165, 1.54) is 16.3 Å². The third-order valence-corrected chi connectivity index (χ3v) is 3.91. The quantitative estimate of drug-likeness (QED) is 0.724. The van der Waals surface area contributed by atoms with Crippen LogP contribution >= 0.6 is 0 Å². The number of nitrogens with one attached hydrogen (secondary N) is 1. The van der Waals surface area contributed by atoms with Crippen LogP contribution in [-0.4, -0.2) is 24.3 Å². The van der Waals surface area contributed by atoms with Crippen molar-refractivity contribution in [3.8, 4) is 0 Å². The second-order valence-corrected chi connectivity index (χ2v) is 6.22. The summed E-state index contributed by atoms with van der Waals surface area (Å²) in [5, 5.41) is 16.0. The molecule has 0 aliphatic carbocycles. The summed E-state index contributed by atoms with van der Waals surface area (Å²) in [5.74, 6) is 0.713. The van der Waals surface area contributed by atoms with Crippen LogP contribution in [0.4, 0.5) is 0 Å². The number of fused-ring (bicyclic) bond motifs is 1. The first-order valence-electron chi connectivity index (χ1n) is 8.02. The molecular formula is C19H27NO. The number of hydrogen-bond donors (Lipinski definition) is 2. The molecule has 2 N–H and O–H groups in total. The highest BCUT2D eigenvalue weighted by Gasteiger charge is 2.06.